The molecule has 3 rings (SSSR count). The van der Waals surface area contributed by atoms with Crippen LogP contribution in [0.5, 0.6) is 0 Å². The van der Waals surface area contributed by atoms with Crippen molar-refractivity contribution in [3.63, 3.8) is 0 Å². The summed E-state index contributed by atoms with van der Waals surface area (Å²) in [5, 5.41) is 3.35. The summed E-state index contributed by atoms with van der Waals surface area (Å²) in [6.45, 7) is 7.15. The van der Waals surface area contributed by atoms with Gasteiger partial charge in [-0.15, -0.1) is 0 Å². The van der Waals surface area contributed by atoms with E-state index in [0.717, 1.165) is 58.1 Å². The lowest BCUT2D eigenvalue weighted by molar-refractivity contribution is -0.139. The molecule has 1 N–H and O–H groups in total. The van der Waals surface area contributed by atoms with E-state index in [4.69, 9.17) is 0 Å². The molecule has 0 bridgehead atoms. The fourth-order valence-corrected chi connectivity index (χ4v) is 3.15. The van der Waals surface area contributed by atoms with Crippen molar-refractivity contribution in [1.82, 2.24) is 25.0 Å². The van der Waals surface area contributed by atoms with Gasteiger partial charge in [0.1, 0.15) is 6.04 Å². The Morgan fingerprint density at radius 1 is 1.14 bits per heavy atom. The van der Waals surface area contributed by atoms with Gasteiger partial charge < -0.3 is 15.1 Å². The van der Waals surface area contributed by atoms with Gasteiger partial charge in [0.15, 0.2) is 0 Å². The van der Waals surface area contributed by atoms with E-state index in [-0.39, 0.29) is 11.9 Å². The molecule has 3 heterocycles. The van der Waals surface area contributed by atoms with Crippen LogP contribution < -0.4 is 5.32 Å². The largest absolute Gasteiger partial charge is 0.338 e. The number of hydrogen-bond donors (Lipinski definition) is 1. The summed E-state index contributed by atoms with van der Waals surface area (Å²) in [5.74, 6) is 0.203. The Morgan fingerprint density at radius 2 is 1.86 bits per heavy atom. The molecule has 2 aliphatic heterocycles. The van der Waals surface area contributed by atoms with Crippen molar-refractivity contribution in [1.29, 1.82) is 0 Å². The molecule has 0 saturated carbocycles. The van der Waals surface area contributed by atoms with E-state index in [2.05, 4.69) is 27.1 Å². The third-order valence-corrected chi connectivity index (χ3v) is 4.53. The number of carbonyl (C=O) groups excluding carboxylic acids is 1. The van der Waals surface area contributed by atoms with Crippen LogP contribution >= 0.6 is 0 Å². The molecule has 0 spiro atoms. The normalized spacial score (nSPS) is 22.5. The minimum atomic E-state index is -0.244. The highest BCUT2D eigenvalue weighted by Gasteiger charge is 2.33. The lowest BCUT2D eigenvalue weighted by Gasteiger charge is -2.39. The fraction of sp³-hybridized carbons (Fsp3) is 0.625. The van der Waals surface area contributed by atoms with Gasteiger partial charge in [-0.2, -0.15) is 0 Å². The minimum absolute atomic E-state index is 0.203. The van der Waals surface area contributed by atoms with Crippen LogP contribution in [0.15, 0.2) is 24.4 Å². The molecule has 1 atom stereocenters. The maximum absolute atomic E-state index is 13.1. The minimum Gasteiger partial charge on any atom is -0.338 e. The van der Waals surface area contributed by atoms with Gasteiger partial charge in [0.05, 0.1) is 5.69 Å². The second-order valence-corrected chi connectivity index (χ2v) is 6.07. The summed E-state index contributed by atoms with van der Waals surface area (Å²) in [6, 6.07) is 5.60. The number of piperazine rings is 2. The van der Waals surface area contributed by atoms with Gasteiger partial charge in [0.25, 0.3) is 0 Å². The first-order valence-corrected chi connectivity index (χ1v) is 8.09. The molecule has 1 aromatic heterocycles. The third-order valence-electron chi connectivity index (χ3n) is 4.53. The van der Waals surface area contributed by atoms with Crippen LogP contribution in [0.2, 0.25) is 0 Å². The number of rotatable bonds is 3. The van der Waals surface area contributed by atoms with E-state index in [1.807, 2.05) is 23.1 Å². The van der Waals surface area contributed by atoms with Crippen molar-refractivity contribution in [2.24, 2.45) is 0 Å². The number of hydrogen-bond acceptors (Lipinski definition) is 5. The van der Waals surface area contributed by atoms with Crippen LogP contribution in [0.1, 0.15) is 11.7 Å². The topological polar surface area (TPSA) is 51.7 Å². The Hall–Kier alpha value is -1.50. The van der Waals surface area contributed by atoms with E-state index in [1.165, 1.54) is 0 Å². The summed E-state index contributed by atoms with van der Waals surface area (Å²) >= 11 is 0. The van der Waals surface area contributed by atoms with Crippen LogP contribution in [-0.2, 0) is 4.79 Å². The Kier molecular flexibility index (Phi) is 5.02. The summed E-state index contributed by atoms with van der Waals surface area (Å²) in [6.07, 6.45) is 1.78. The van der Waals surface area contributed by atoms with Crippen LogP contribution in [0, 0.1) is 0 Å². The van der Waals surface area contributed by atoms with E-state index >= 15 is 0 Å². The average Bonchev–Trinajstić information content (AvgIpc) is 2.57. The number of carbonyl (C=O) groups is 1. The third kappa shape index (κ3) is 3.45. The standard InChI is InChI=1S/C16H25N5O/c1-19-10-12-21(13-11-19)16(22)15(14-4-2-3-5-18-14)20-8-6-17-7-9-20/h2-5,15,17H,6-13H2,1H3. The zero-order valence-corrected chi connectivity index (χ0v) is 13.2. The van der Waals surface area contributed by atoms with Gasteiger partial charge in [-0.05, 0) is 19.2 Å². The van der Waals surface area contributed by atoms with Gasteiger partial charge >= 0.3 is 0 Å². The summed E-state index contributed by atoms with van der Waals surface area (Å²) < 4.78 is 0. The number of amides is 1. The molecule has 1 unspecified atom stereocenters. The monoisotopic (exact) mass is 303 g/mol. The van der Waals surface area contributed by atoms with Gasteiger partial charge in [0, 0.05) is 58.6 Å². The molecule has 2 fully saturated rings. The number of aromatic nitrogens is 1. The Labute approximate surface area is 132 Å². The lowest BCUT2D eigenvalue weighted by atomic mass is 10.1. The first-order valence-electron chi connectivity index (χ1n) is 8.09. The highest BCUT2D eigenvalue weighted by atomic mass is 16.2. The van der Waals surface area contributed by atoms with Gasteiger partial charge in [0.2, 0.25) is 5.91 Å². The zero-order chi connectivity index (χ0) is 15.4. The maximum Gasteiger partial charge on any atom is 0.246 e. The van der Waals surface area contributed by atoms with Crippen LogP contribution in [0.4, 0.5) is 0 Å². The molecule has 0 aromatic carbocycles. The van der Waals surface area contributed by atoms with Crippen molar-refractivity contribution in [2.45, 2.75) is 6.04 Å². The Bertz CT molecular complexity index is 481. The molecular weight excluding hydrogens is 278 g/mol. The molecule has 6 heteroatoms. The van der Waals surface area contributed by atoms with Crippen molar-refractivity contribution in [2.75, 3.05) is 59.4 Å². The van der Waals surface area contributed by atoms with Crippen molar-refractivity contribution in [3.05, 3.63) is 30.1 Å². The van der Waals surface area contributed by atoms with Crippen molar-refractivity contribution < 1.29 is 4.79 Å². The molecule has 1 amide bonds. The van der Waals surface area contributed by atoms with Gasteiger partial charge in [-0.25, -0.2) is 0 Å². The first kappa shape index (κ1) is 15.4. The van der Waals surface area contributed by atoms with E-state index in [0.29, 0.717) is 0 Å². The van der Waals surface area contributed by atoms with E-state index < -0.39 is 0 Å². The Morgan fingerprint density at radius 3 is 2.50 bits per heavy atom. The second kappa shape index (κ2) is 7.17. The second-order valence-electron chi connectivity index (χ2n) is 6.07. The number of nitrogens with one attached hydrogen (secondary N) is 1. The summed E-state index contributed by atoms with van der Waals surface area (Å²) in [7, 11) is 2.11. The SMILES string of the molecule is CN1CCN(C(=O)C(c2ccccn2)N2CCNCC2)CC1. The number of likely N-dealkylation sites (N-methyl/N-ethyl adjacent to an activating group) is 1. The number of nitrogens with zero attached hydrogens (tertiary/aromatic N) is 4. The smallest absolute Gasteiger partial charge is 0.246 e. The Balaban J connectivity index is 1.79. The molecule has 2 aliphatic rings. The van der Waals surface area contributed by atoms with Crippen LogP contribution in [-0.4, -0.2) is 85.0 Å². The summed E-state index contributed by atoms with van der Waals surface area (Å²) in [5.41, 5.74) is 0.869. The fourth-order valence-electron chi connectivity index (χ4n) is 3.15. The number of pyridine rings is 1. The highest BCUT2D eigenvalue weighted by molar-refractivity contribution is 5.83. The van der Waals surface area contributed by atoms with Gasteiger partial charge in [-0.3, -0.25) is 14.7 Å². The molecule has 6 nitrogen and oxygen atoms in total. The lowest BCUT2D eigenvalue weighted by Crippen LogP contribution is -2.54. The molecule has 2 saturated heterocycles. The highest BCUT2D eigenvalue weighted by Crippen LogP contribution is 2.22. The van der Waals surface area contributed by atoms with Crippen molar-refractivity contribution >= 4 is 5.91 Å². The van der Waals surface area contributed by atoms with Crippen LogP contribution in [0.25, 0.3) is 0 Å². The summed E-state index contributed by atoms with van der Waals surface area (Å²) in [4.78, 5) is 24.1. The quantitative estimate of drug-likeness (QED) is 0.838. The van der Waals surface area contributed by atoms with Gasteiger partial charge in [-0.1, -0.05) is 6.07 Å². The molecule has 1 aromatic rings. The van der Waals surface area contributed by atoms with Crippen LogP contribution in [0.3, 0.4) is 0 Å². The molecule has 22 heavy (non-hydrogen) atoms. The first-order chi connectivity index (χ1) is 10.8. The maximum atomic E-state index is 13.1. The van der Waals surface area contributed by atoms with E-state index in [9.17, 15) is 4.79 Å². The average molecular weight is 303 g/mol. The van der Waals surface area contributed by atoms with Crippen molar-refractivity contribution in [3.8, 4) is 0 Å². The predicted octanol–water partition coefficient (Wildman–Crippen LogP) is -0.198. The zero-order valence-electron chi connectivity index (χ0n) is 13.2. The predicted molar refractivity (Wildman–Crippen MR) is 85.5 cm³/mol. The van der Waals surface area contributed by atoms with E-state index in [1.54, 1.807) is 6.20 Å². The molecule has 0 radical (unpaired) electrons. The molecule has 120 valence electrons. The molecule has 0 aliphatic carbocycles. The molecular formula is C16H25N5O.